The van der Waals surface area contributed by atoms with Crippen molar-refractivity contribution in [1.29, 1.82) is 0 Å². The third-order valence-corrected chi connectivity index (χ3v) is 6.43. The second-order valence-corrected chi connectivity index (χ2v) is 8.58. The lowest BCUT2D eigenvalue weighted by Crippen LogP contribution is -2.31. The van der Waals surface area contributed by atoms with Crippen LogP contribution in [0.2, 0.25) is 0 Å². The Morgan fingerprint density at radius 2 is 2.19 bits per heavy atom. The first-order valence-corrected chi connectivity index (χ1v) is 10.5. The van der Waals surface area contributed by atoms with Crippen molar-refractivity contribution < 1.29 is 14.3 Å². The molecule has 1 aromatic heterocycles. The van der Waals surface area contributed by atoms with Crippen LogP contribution in [-0.4, -0.2) is 39.1 Å². The van der Waals surface area contributed by atoms with Crippen LogP contribution < -0.4 is 9.47 Å². The number of pyridine rings is 1. The number of thiocarbonyl (C=S) groups is 1. The maximum Gasteiger partial charge on any atom is 0.242 e. The van der Waals surface area contributed by atoms with E-state index in [-0.39, 0.29) is 11.2 Å². The second kappa shape index (κ2) is 9.03. The zero-order valence-corrected chi connectivity index (χ0v) is 18.2. The summed E-state index contributed by atoms with van der Waals surface area (Å²) in [5, 5.41) is -0.256. The zero-order chi connectivity index (χ0) is 19.4. The van der Waals surface area contributed by atoms with E-state index in [4.69, 9.17) is 21.7 Å². The van der Waals surface area contributed by atoms with Crippen LogP contribution in [0.25, 0.3) is 0 Å². The Morgan fingerprint density at radius 1 is 1.37 bits per heavy atom. The number of carbonyl (C=O) groups is 1. The number of benzene rings is 1. The van der Waals surface area contributed by atoms with Gasteiger partial charge in [-0.3, -0.25) is 14.7 Å². The third kappa shape index (κ3) is 4.62. The highest BCUT2D eigenvalue weighted by Crippen LogP contribution is 2.37. The molecule has 1 aliphatic rings. The van der Waals surface area contributed by atoms with E-state index in [1.54, 1.807) is 24.4 Å². The van der Waals surface area contributed by atoms with Gasteiger partial charge in [0.25, 0.3) is 0 Å². The van der Waals surface area contributed by atoms with Gasteiger partial charge in [0.15, 0.2) is 11.5 Å². The number of halogens is 1. The molecule has 1 saturated heterocycles. The molecule has 0 unspecified atom stereocenters. The first-order valence-electron chi connectivity index (χ1n) is 8.43. The molecule has 1 aromatic carbocycles. The Morgan fingerprint density at radius 3 is 2.85 bits per heavy atom. The third-order valence-electron chi connectivity index (χ3n) is 4.11. The van der Waals surface area contributed by atoms with Crippen LogP contribution in [0.4, 0.5) is 0 Å². The lowest BCUT2D eigenvalue weighted by atomic mass is 10.1. The van der Waals surface area contributed by atoms with Crippen molar-refractivity contribution in [3.63, 3.8) is 0 Å². The minimum Gasteiger partial charge on any atom is -0.493 e. The Balaban J connectivity index is 1.76. The predicted octanol–water partition coefficient (Wildman–Crippen LogP) is 4.22. The molecule has 0 radical (unpaired) electrons. The van der Waals surface area contributed by atoms with Crippen LogP contribution in [0, 0.1) is 0 Å². The summed E-state index contributed by atoms with van der Waals surface area (Å²) in [5.41, 5.74) is 1.94. The summed E-state index contributed by atoms with van der Waals surface area (Å²) in [5.74, 6) is 1.35. The van der Waals surface area contributed by atoms with Crippen molar-refractivity contribution in [3.8, 4) is 11.5 Å². The molecule has 8 heteroatoms. The van der Waals surface area contributed by atoms with E-state index in [9.17, 15) is 4.79 Å². The van der Waals surface area contributed by atoms with E-state index in [2.05, 4.69) is 20.9 Å². The number of hydrogen-bond acceptors (Lipinski definition) is 6. The zero-order valence-electron chi connectivity index (χ0n) is 15.0. The molecule has 1 aliphatic heterocycles. The van der Waals surface area contributed by atoms with E-state index < -0.39 is 0 Å². The van der Waals surface area contributed by atoms with Crippen molar-refractivity contribution >= 4 is 50.1 Å². The summed E-state index contributed by atoms with van der Waals surface area (Å²) in [7, 11) is 1.61. The Labute approximate surface area is 176 Å². The van der Waals surface area contributed by atoms with Gasteiger partial charge in [-0.2, -0.15) is 0 Å². The number of nitrogens with zero attached hydrogens (tertiary/aromatic N) is 2. The Bertz CT molecular complexity index is 848. The van der Waals surface area contributed by atoms with Crippen molar-refractivity contribution in [2.75, 3.05) is 13.7 Å². The number of thioether (sulfide) groups is 1. The molecule has 5 nitrogen and oxygen atoms in total. The normalized spacial score (nSPS) is 16.7. The highest BCUT2D eigenvalue weighted by atomic mass is 79.9. The number of methoxy groups -OCH3 is 1. The van der Waals surface area contributed by atoms with Gasteiger partial charge in [0.05, 0.1) is 25.5 Å². The largest absolute Gasteiger partial charge is 0.493 e. The molecule has 3 rings (SSSR count). The van der Waals surface area contributed by atoms with Crippen molar-refractivity contribution in [2.45, 2.75) is 25.1 Å². The maximum absolute atomic E-state index is 12.9. The molecular formula is C19H19BrN2O3S2. The van der Waals surface area contributed by atoms with Crippen LogP contribution in [-0.2, 0) is 17.8 Å². The predicted molar refractivity (Wildman–Crippen MR) is 114 cm³/mol. The molecule has 1 atom stereocenters. The van der Waals surface area contributed by atoms with E-state index >= 15 is 0 Å². The van der Waals surface area contributed by atoms with Crippen LogP contribution in [0.5, 0.6) is 11.5 Å². The average Bonchev–Trinajstić information content (AvgIpc) is 2.92. The number of ether oxygens (including phenoxy) is 2. The van der Waals surface area contributed by atoms with Crippen LogP contribution in [0.3, 0.4) is 0 Å². The fourth-order valence-electron chi connectivity index (χ4n) is 2.81. The summed E-state index contributed by atoms with van der Waals surface area (Å²) in [6, 6.07) is 7.59. The molecule has 0 saturated carbocycles. The van der Waals surface area contributed by atoms with E-state index in [0.717, 1.165) is 15.6 Å². The van der Waals surface area contributed by atoms with Crippen molar-refractivity contribution in [1.82, 2.24) is 9.88 Å². The quantitative estimate of drug-likeness (QED) is 0.569. The van der Waals surface area contributed by atoms with Gasteiger partial charge in [0.1, 0.15) is 4.32 Å². The second-order valence-electron chi connectivity index (χ2n) is 5.89. The smallest absolute Gasteiger partial charge is 0.242 e. The van der Waals surface area contributed by atoms with Gasteiger partial charge in [0, 0.05) is 16.9 Å². The van der Waals surface area contributed by atoms with Gasteiger partial charge in [-0.1, -0.05) is 46.0 Å². The SMILES string of the molecule is CCOc1cc(Br)c(C[C@H]2SC(=S)N(Cc3cccnc3)C2=O)cc1OC. The van der Waals surface area contributed by atoms with Crippen molar-refractivity contribution in [3.05, 3.63) is 52.3 Å². The number of carbonyl (C=O) groups excluding carboxylic acids is 1. The summed E-state index contributed by atoms with van der Waals surface area (Å²) in [6.45, 7) is 2.92. The lowest BCUT2D eigenvalue weighted by Gasteiger charge is -2.16. The van der Waals surface area contributed by atoms with Crippen molar-refractivity contribution in [2.24, 2.45) is 0 Å². The molecule has 142 valence electrons. The maximum atomic E-state index is 12.9. The van der Waals surface area contributed by atoms with Gasteiger partial charge < -0.3 is 9.47 Å². The summed E-state index contributed by atoms with van der Waals surface area (Å²) in [6.07, 6.45) is 4.01. The Kier molecular flexibility index (Phi) is 6.73. The fraction of sp³-hybridized carbons (Fsp3) is 0.316. The first kappa shape index (κ1) is 20.1. The average molecular weight is 467 g/mol. The number of amides is 1. The molecular weight excluding hydrogens is 448 g/mol. The van der Waals surface area contributed by atoms with Gasteiger partial charge in [-0.05, 0) is 42.7 Å². The fourth-order valence-corrected chi connectivity index (χ4v) is 4.81. The molecule has 0 N–H and O–H groups in total. The van der Waals surface area contributed by atoms with Gasteiger partial charge in [0.2, 0.25) is 5.91 Å². The minimum absolute atomic E-state index is 0.0219. The summed E-state index contributed by atoms with van der Waals surface area (Å²) >= 11 is 10.4. The van der Waals surface area contributed by atoms with E-state index in [1.165, 1.54) is 11.8 Å². The van der Waals surface area contributed by atoms with Gasteiger partial charge >= 0.3 is 0 Å². The topological polar surface area (TPSA) is 51.7 Å². The highest BCUT2D eigenvalue weighted by molar-refractivity contribution is 9.10. The number of hydrogen-bond donors (Lipinski definition) is 0. The van der Waals surface area contributed by atoms with E-state index in [0.29, 0.717) is 35.4 Å². The summed E-state index contributed by atoms with van der Waals surface area (Å²) in [4.78, 5) is 18.6. The van der Waals surface area contributed by atoms with Gasteiger partial charge in [-0.15, -0.1) is 0 Å². The molecule has 1 fully saturated rings. The lowest BCUT2D eigenvalue weighted by molar-refractivity contribution is -0.126. The number of rotatable bonds is 7. The molecule has 1 amide bonds. The standard InChI is InChI=1S/C19H19BrN2O3S2/c1-3-25-16-9-14(20)13(7-15(16)24-2)8-17-18(23)22(19(26)27-17)11-12-5-4-6-21-10-12/h4-7,9-10,17H,3,8,11H2,1-2H3/t17-/m1/s1. The first-order chi connectivity index (χ1) is 13.0. The van der Waals surface area contributed by atoms with Gasteiger partial charge in [-0.25, -0.2) is 0 Å². The Hall–Kier alpha value is -1.64. The van der Waals surface area contributed by atoms with Crippen LogP contribution >= 0.6 is 39.9 Å². The molecule has 2 aromatic rings. The molecule has 0 bridgehead atoms. The summed E-state index contributed by atoms with van der Waals surface area (Å²) < 4.78 is 12.5. The minimum atomic E-state index is -0.256. The molecule has 27 heavy (non-hydrogen) atoms. The van der Waals surface area contributed by atoms with E-state index in [1.807, 2.05) is 31.2 Å². The highest BCUT2D eigenvalue weighted by Gasteiger charge is 2.37. The van der Waals surface area contributed by atoms with Crippen LogP contribution in [0.15, 0.2) is 41.1 Å². The monoisotopic (exact) mass is 466 g/mol. The molecule has 0 spiro atoms. The molecule has 2 heterocycles. The van der Waals surface area contributed by atoms with Crippen LogP contribution in [0.1, 0.15) is 18.1 Å². The number of aromatic nitrogens is 1. The molecule has 0 aliphatic carbocycles.